The molecule has 22 heavy (non-hydrogen) atoms. The van der Waals surface area contributed by atoms with Gasteiger partial charge in [-0.1, -0.05) is 36.4 Å². The average Bonchev–Trinajstić information content (AvgIpc) is 2.96. The number of aliphatic hydroxyl groups excluding tert-OH is 1. The van der Waals surface area contributed by atoms with Crippen LogP contribution in [0.3, 0.4) is 0 Å². The van der Waals surface area contributed by atoms with E-state index >= 15 is 0 Å². The molecule has 0 unspecified atom stereocenters. The quantitative estimate of drug-likeness (QED) is 0.934. The Balaban J connectivity index is 1.65. The van der Waals surface area contributed by atoms with E-state index in [1.807, 2.05) is 18.2 Å². The molecule has 0 spiro atoms. The highest BCUT2D eigenvalue weighted by atomic mass is 19.1. The van der Waals surface area contributed by atoms with Crippen LogP contribution in [-0.2, 0) is 0 Å². The van der Waals surface area contributed by atoms with E-state index in [0.29, 0.717) is 5.92 Å². The van der Waals surface area contributed by atoms with Gasteiger partial charge in [0.05, 0.1) is 11.7 Å². The third-order valence-corrected chi connectivity index (χ3v) is 4.31. The van der Waals surface area contributed by atoms with Gasteiger partial charge >= 0.3 is 0 Å². The van der Waals surface area contributed by atoms with Crippen LogP contribution in [0.1, 0.15) is 29.6 Å². The Labute approximate surface area is 129 Å². The summed E-state index contributed by atoms with van der Waals surface area (Å²) in [6, 6.07) is 13.9. The lowest BCUT2D eigenvalue weighted by Gasteiger charge is -2.21. The van der Waals surface area contributed by atoms with Gasteiger partial charge in [0.25, 0.3) is 0 Å². The standard InChI is InChI=1S/C18H19F2NO/c19-15-7-4-8-16(20)18(15)17(22)12-21-10-9-14(11-21)13-5-2-1-3-6-13/h1-8,14,17,22H,9-12H2/t14-,17-/m1/s1. The van der Waals surface area contributed by atoms with Crippen molar-refractivity contribution in [3.05, 3.63) is 71.3 Å². The number of hydrogen-bond acceptors (Lipinski definition) is 2. The molecule has 1 N–H and O–H groups in total. The Hall–Kier alpha value is -1.78. The van der Waals surface area contributed by atoms with Crippen molar-refractivity contribution in [2.75, 3.05) is 19.6 Å². The zero-order chi connectivity index (χ0) is 15.5. The van der Waals surface area contributed by atoms with Gasteiger partial charge in [0.15, 0.2) is 0 Å². The maximum Gasteiger partial charge on any atom is 0.131 e. The van der Waals surface area contributed by atoms with Gasteiger partial charge in [0, 0.05) is 13.1 Å². The second kappa shape index (κ2) is 6.55. The van der Waals surface area contributed by atoms with Crippen LogP contribution >= 0.6 is 0 Å². The fourth-order valence-corrected chi connectivity index (χ4v) is 3.16. The molecule has 1 saturated heterocycles. The summed E-state index contributed by atoms with van der Waals surface area (Å²) in [7, 11) is 0. The highest BCUT2D eigenvalue weighted by Gasteiger charge is 2.27. The fourth-order valence-electron chi connectivity index (χ4n) is 3.16. The van der Waals surface area contributed by atoms with Gasteiger partial charge in [-0.2, -0.15) is 0 Å². The van der Waals surface area contributed by atoms with Crippen LogP contribution in [0.5, 0.6) is 0 Å². The summed E-state index contributed by atoms with van der Waals surface area (Å²) in [6.07, 6.45) is -0.146. The lowest BCUT2D eigenvalue weighted by atomic mass is 9.99. The van der Waals surface area contributed by atoms with E-state index in [1.54, 1.807) is 0 Å². The molecule has 3 rings (SSSR count). The maximum atomic E-state index is 13.7. The largest absolute Gasteiger partial charge is 0.387 e. The molecular weight excluding hydrogens is 284 g/mol. The van der Waals surface area contributed by atoms with Crippen molar-refractivity contribution in [1.82, 2.24) is 4.90 Å². The summed E-state index contributed by atoms with van der Waals surface area (Å²) in [6.45, 7) is 1.88. The Morgan fingerprint density at radius 3 is 2.41 bits per heavy atom. The molecule has 1 heterocycles. The van der Waals surface area contributed by atoms with Crippen molar-refractivity contribution in [3.8, 4) is 0 Å². The van der Waals surface area contributed by atoms with E-state index in [0.717, 1.165) is 19.5 Å². The van der Waals surface area contributed by atoms with Crippen LogP contribution in [0.4, 0.5) is 8.78 Å². The van der Waals surface area contributed by atoms with Crippen LogP contribution in [-0.4, -0.2) is 29.6 Å². The number of rotatable bonds is 4. The summed E-state index contributed by atoms with van der Waals surface area (Å²) in [4.78, 5) is 2.06. The molecule has 0 aliphatic carbocycles. The number of likely N-dealkylation sites (tertiary alicyclic amines) is 1. The molecule has 0 aromatic heterocycles. The predicted octanol–water partition coefficient (Wildman–Crippen LogP) is 3.49. The second-order valence-electron chi connectivity index (χ2n) is 5.81. The van der Waals surface area contributed by atoms with Gasteiger partial charge in [0.1, 0.15) is 11.6 Å². The van der Waals surface area contributed by atoms with Gasteiger partial charge in [-0.05, 0) is 36.6 Å². The normalized spacial score (nSPS) is 20.2. The Morgan fingerprint density at radius 2 is 1.73 bits per heavy atom. The highest BCUT2D eigenvalue weighted by molar-refractivity contribution is 5.23. The van der Waals surface area contributed by atoms with Gasteiger partial charge in [-0.3, -0.25) is 4.90 Å². The van der Waals surface area contributed by atoms with Gasteiger partial charge in [-0.25, -0.2) is 8.78 Å². The van der Waals surface area contributed by atoms with Crippen molar-refractivity contribution >= 4 is 0 Å². The van der Waals surface area contributed by atoms with E-state index in [-0.39, 0.29) is 12.1 Å². The van der Waals surface area contributed by atoms with Gasteiger partial charge < -0.3 is 5.11 Å². The summed E-state index contributed by atoms with van der Waals surface area (Å²) in [5.41, 5.74) is 1.04. The zero-order valence-corrected chi connectivity index (χ0v) is 12.3. The first-order valence-corrected chi connectivity index (χ1v) is 7.54. The number of halogens is 2. The summed E-state index contributed by atoms with van der Waals surface area (Å²) < 4.78 is 27.4. The molecule has 0 radical (unpaired) electrons. The molecule has 0 amide bonds. The first-order chi connectivity index (χ1) is 10.6. The van der Waals surface area contributed by atoms with Crippen LogP contribution < -0.4 is 0 Å². The van der Waals surface area contributed by atoms with Gasteiger partial charge in [-0.15, -0.1) is 0 Å². The van der Waals surface area contributed by atoms with Crippen molar-refractivity contribution < 1.29 is 13.9 Å². The van der Waals surface area contributed by atoms with Crippen molar-refractivity contribution in [3.63, 3.8) is 0 Å². The summed E-state index contributed by atoms with van der Waals surface area (Å²) >= 11 is 0. The third-order valence-electron chi connectivity index (χ3n) is 4.31. The first kappa shape index (κ1) is 15.1. The van der Waals surface area contributed by atoms with Crippen LogP contribution in [0.2, 0.25) is 0 Å². The molecule has 0 bridgehead atoms. The Kier molecular flexibility index (Phi) is 4.50. The van der Waals surface area contributed by atoms with E-state index in [9.17, 15) is 13.9 Å². The molecule has 0 saturated carbocycles. The van der Waals surface area contributed by atoms with Crippen LogP contribution in [0.25, 0.3) is 0 Å². The third kappa shape index (κ3) is 3.18. The minimum absolute atomic E-state index is 0.231. The number of nitrogens with zero attached hydrogens (tertiary/aromatic N) is 1. The van der Waals surface area contributed by atoms with E-state index in [2.05, 4.69) is 17.0 Å². The number of benzene rings is 2. The lowest BCUT2D eigenvalue weighted by molar-refractivity contribution is 0.118. The fraction of sp³-hybridized carbons (Fsp3) is 0.333. The predicted molar refractivity (Wildman–Crippen MR) is 81.6 cm³/mol. The Bertz CT molecular complexity index is 612. The molecule has 2 aromatic carbocycles. The molecule has 1 aliphatic heterocycles. The minimum atomic E-state index is -1.14. The molecule has 2 nitrogen and oxygen atoms in total. The van der Waals surface area contributed by atoms with Gasteiger partial charge in [0.2, 0.25) is 0 Å². The molecule has 116 valence electrons. The average molecular weight is 303 g/mol. The highest BCUT2D eigenvalue weighted by Crippen LogP contribution is 2.29. The maximum absolute atomic E-state index is 13.7. The minimum Gasteiger partial charge on any atom is -0.387 e. The Morgan fingerprint density at radius 1 is 1.05 bits per heavy atom. The molecule has 2 aromatic rings. The van der Waals surface area contributed by atoms with Crippen LogP contribution in [0, 0.1) is 11.6 Å². The number of aliphatic hydroxyl groups is 1. The van der Waals surface area contributed by atoms with E-state index in [4.69, 9.17) is 0 Å². The number of β-amino-alcohol motifs (C(OH)–C–C–N with tert-alkyl or cyclic N) is 1. The molecule has 4 heteroatoms. The second-order valence-corrected chi connectivity index (χ2v) is 5.81. The van der Waals surface area contributed by atoms with Crippen molar-refractivity contribution in [2.45, 2.75) is 18.4 Å². The molecule has 2 atom stereocenters. The van der Waals surface area contributed by atoms with Crippen LogP contribution in [0.15, 0.2) is 48.5 Å². The van der Waals surface area contributed by atoms with Crippen molar-refractivity contribution in [2.24, 2.45) is 0 Å². The molecule has 1 aliphatic rings. The number of hydrogen-bond donors (Lipinski definition) is 1. The lowest BCUT2D eigenvalue weighted by Crippen LogP contribution is -2.27. The first-order valence-electron chi connectivity index (χ1n) is 7.54. The SMILES string of the molecule is O[C@H](CN1CC[C@@H](c2ccccc2)C1)c1c(F)cccc1F. The molecular formula is C18H19F2NO. The topological polar surface area (TPSA) is 23.5 Å². The summed E-state index contributed by atoms with van der Waals surface area (Å²) in [5, 5.41) is 10.2. The van der Waals surface area contributed by atoms with Crippen molar-refractivity contribution in [1.29, 1.82) is 0 Å². The summed E-state index contributed by atoms with van der Waals surface area (Å²) in [5.74, 6) is -0.962. The smallest absolute Gasteiger partial charge is 0.131 e. The monoisotopic (exact) mass is 303 g/mol. The molecule has 1 fully saturated rings. The van der Waals surface area contributed by atoms with E-state index in [1.165, 1.54) is 23.8 Å². The zero-order valence-electron chi connectivity index (χ0n) is 12.3. The van der Waals surface area contributed by atoms with E-state index < -0.39 is 17.7 Å².